The summed E-state index contributed by atoms with van der Waals surface area (Å²) in [4.78, 5) is 25.8. The fraction of sp³-hybridized carbons (Fsp3) is 0.600. The highest BCUT2D eigenvalue weighted by molar-refractivity contribution is 7.85. The van der Waals surface area contributed by atoms with Gasteiger partial charge in [-0.05, 0) is 31.5 Å². The highest BCUT2D eigenvalue weighted by Gasteiger charge is 2.08. The molecule has 0 atom stereocenters. The number of anilines is 1. The maximum Gasteiger partial charge on any atom is 0.294 e. The number of benzene rings is 1. The van der Waals surface area contributed by atoms with Crippen molar-refractivity contribution in [3.63, 3.8) is 0 Å². The van der Waals surface area contributed by atoms with Crippen LogP contribution >= 0.6 is 0 Å². The van der Waals surface area contributed by atoms with E-state index in [1.54, 1.807) is 12.1 Å². The summed E-state index contributed by atoms with van der Waals surface area (Å²) in [5, 5.41) is 13.3. The molecule has 0 spiro atoms. The summed E-state index contributed by atoms with van der Waals surface area (Å²) >= 11 is 0. The Kier molecular flexibility index (Phi) is 18.4. The van der Waals surface area contributed by atoms with Gasteiger partial charge in [-0.2, -0.15) is 8.42 Å². The van der Waals surface area contributed by atoms with Gasteiger partial charge < -0.3 is 5.32 Å². The van der Waals surface area contributed by atoms with Crippen LogP contribution in [0.1, 0.15) is 115 Å². The summed E-state index contributed by atoms with van der Waals surface area (Å²) in [7, 11) is -4.02. The Morgan fingerprint density at radius 3 is 1.70 bits per heavy atom. The molecule has 0 bridgehead atoms. The van der Waals surface area contributed by atoms with Gasteiger partial charge in [0, 0.05) is 12.5 Å². The van der Waals surface area contributed by atoms with Gasteiger partial charge in [0.25, 0.3) is 15.8 Å². The quantitative estimate of drug-likeness (QED) is 0.0739. The summed E-state index contributed by atoms with van der Waals surface area (Å²) in [5.74, 6) is 0.280. The highest BCUT2D eigenvalue weighted by Crippen LogP contribution is 2.15. The summed E-state index contributed by atoms with van der Waals surface area (Å²) < 4.78 is 29.6. The first kappa shape index (κ1) is 35.2. The van der Waals surface area contributed by atoms with E-state index in [1.807, 2.05) is 6.92 Å². The van der Waals surface area contributed by atoms with Gasteiger partial charge in [0.05, 0.1) is 9.82 Å². The predicted molar refractivity (Wildman–Crippen MR) is 160 cm³/mol. The van der Waals surface area contributed by atoms with Gasteiger partial charge in [0.15, 0.2) is 0 Å². The molecule has 1 aromatic heterocycles. The van der Waals surface area contributed by atoms with Crippen LogP contribution in [0.5, 0.6) is 0 Å². The van der Waals surface area contributed by atoms with Crippen molar-refractivity contribution < 1.29 is 22.7 Å². The Morgan fingerprint density at radius 2 is 1.30 bits per heavy atom. The summed E-state index contributed by atoms with van der Waals surface area (Å²) in [6, 6.07) is 8.79. The predicted octanol–water partition coefficient (Wildman–Crippen LogP) is 8.43. The van der Waals surface area contributed by atoms with E-state index in [-0.39, 0.29) is 16.5 Å². The Labute approximate surface area is 240 Å². The lowest BCUT2D eigenvalue weighted by Crippen LogP contribution is -2.12. The molecule has 0 aliphatic rings. The zero-order chi connectivity index (χ0) is 29.6. The minimum Gasteiger partial charge on any atom is -0.311 e. The second kappa shape index (κ2) is 21.0. The third-order valence-electron chi connectivity index (χ3n) is 6.55. The van der Waals surface area contributed by atoms with Crippen LogP contribution in [0.4, 0.5) is 11.5 Å². The lowest BCUT2D eigenvalue weighted by molar-refractivity contribution is -0.385. The molecule has 0 saturated heterocycles. The van der Waals surface area contributed by atoms with Gasteiger partial charge in [-0.25, -0.2) is 4.98 Å². The first-order valence-corrected chi connectivity index (χ1v) is 16.0. The van der Waals surface area contributed by atoms with Gasteiger partial charge in [0.1, 0.15) is 12.0 Å². The zero-order valence-corrected chi connectivity index (χ0v) is 25.0. The number of nitrogens with one attached hydrogen (secondary N) is 1. The number of hydrogen-bond donors (Lipinski definition) is 2. The maximum atomic E-state index is 11.9. The molecule has 0 aliphatic carbocycles. The van der Waals surface area contributed by atoms with E-state index in [4.69, 9.17) is 4.55 Å². The minimum absolute atomic E-state index is 0.0666. The Morgan fingerprint density at radius 1 is 0.825 bits per heavy atom. The number of nitrogens with zero attached hydrogens (tertiary/aromatic N) is 2. The zero-order valence-electron chi connectivity index (χ0n) is 24.1. The SMILES string of the molecule is CCCCCCCCCCCCCCCCCC(=O)Nc1ccc([N+](=O)[O-])cn1.Cc1ccc(S(=O)(=O)O)cc1. The van der Waals surface area contributed by atoms with Crippen LogP contribution in [-0.2, 0) is 14.9 Å². The second-order valence-corrected chi connectivity index (χ2v) is 11.6. The number of aromatic nitrogens is 1. The van der Waals surface area contributed by atoms with Crippen LogP contribution in [0.25, 0.3) is 0 Å². The number of amides is 1. The van der Waals surface area contributed by atoms with Crippen LogP contribution < -0.4 is 5.32 Å². The molecule has 40 heavy (non-hydrogen) atoms. The molecule has 1 amide bonds. The molecule has 0 radical (unpaired) electrons. The van der Waals surface area contributed by atoms with Crippen LogP contribution in [0.3, 0.4) is 0 Å². The Balaban J connectivity index is 0.000000603. The van der Waals surface area contributed by atoms with Gasteiger partial charge in [0.2, 0.25) is 5.91 Å². The van der Waals surface area contributed by atoms with Crippen molar-refractivity contribution in [3.8, 4) is 0 Å². The number of aryl methyl sites for hydroxylation is 1. The normalized spacial score (nSPS) is 11.0. The summed E-state index contributed by atoms with van der Waals surface area (Å²) in [5.41, 5.74) is 0.878. The van der Waals surface area contributed by atoms with Crippen molar-refractivity contribution in [3.05, 3.63) is 58.3 Å². The third kappa shape index (κ3) is 17.7. The molecule has 224 valence electrons. The van der Waals surface area contributed by atoms with E-state index >= 15 is 0 Å². The van der Waals surface area contributed by atoms with Crippen LogP contribution in [-0.4, -0.2) is 28.8 Å². The van der Waals surface area contributed by atoms with Gasteiger partial charge >= 0.3 is 0 Å². The summed E-state index contributed by atoms with van der Waals surface area (Å²) in [6.07, 6.45) is 21.1. The van der Waals surface area contributed by atoms with Gasteiger partial charge in [-0.15, -0.1) is 0 Å². The molecule has 1 heterocycles. The topological polar surface area (TPSA) is 139 Å². The Bertz CT molecular complexity index is 1070. The lowest BCUT2D eigenvalue weighted by atomic mass is 10.0. The number of rotatable bonds is 19. The lowest BCUT2D eigenvalue weighted by Gasteiger charge is -2.05. The van der Waals surface area contributed by atoms with Crippen molar-refractivity contribution in [1.82, 2.24) is 4.98 Å². The van der Waals surface area contributed by atoms with Crippen LogP contribution in [0.2, 0.25) is 0 Å². The van der Waals surface area contributed by atoms with E-state index < -0.39 is 15.0 Å². The van der Waals surface area contributed by atoms with Crippen LogP contribution in [0, 0.1) is 17.0 Å². The standard InChI is InChI=1S/C23H39N3O3.C7H8O3S/c1-2-3-4-5-6-7-8-9-10-11-12-13-14-15-16-17-23(27)25-22-19-18-21(20-24-22)26(28)29;1-6-2-4-7(5-3-6)11(8,9)10/h18-20H,2-17H2,1H3,(H,24,25,27);2-5H,1H3,(H,8,9,10). The molecule has 1 aromatic carbocycles. The number of hydrogen-bond acceptors (Lipinski definition) is 6. The fourth-order valence-corrected chi connectivity index (χ4v) is 4.62. The van der Waals surface area contributed by atoms with Gasteiger partial charge in [-0.1, -0.05) is 115 Å². The van der Waals surface area contributed by atoms with Crippen molar-refractivity contribution in [2.75, 3.05) is 5.32 Å². The average molecular weight is 578 g/mol. The largest absolute Gasteiger partial charge is 0.311 e. The number of nitro groups is 1. The Hall–Kier alpha value is -2.85. The molecule has 0 aliphatic heterocycles. The van der Waals surface area contributed by atoms with Crippen molar-refractivity contribution in [2.24, 2.45) is 0 Å². The first-order valence-electron chi connectivity index (χ1n) is 14.6. The van der Waals surface area contributed by atoms with E-state index in [2.05, 4.69) is 17.2 Å². The minimum atomic E-state index is -4.02. The van der Waals surface area contributed by atoms with E-state index in [0.717, 1.165) is 24.6 Å². The van der Waals surface area contributed by atoms with E-state index in [1.165, 1.54) is 108 Å². The molecule has 0 fully saturated rings. The molecular formula is C30H47N3O6S. The number of carbonyl (C=O) groups is 1. The highest BCUT2D eigenvalue weighted by atomic mass is 32.2. The number of carbonyl (C=O) groups excluding carboxylic acids is 1. The average Bonchev–Trinajstić information content (AvgIpc) is 2.91. The third-order valence-corrected chi connectivity index (χ3v) is 7.42. The van der Waals surface area contributed by atoms with E-state index in [9.17, 15) is 23.3 Å². The smallest absolute Gasteiger partial charge is 0.294 e. The molecule has 10 heteroatoms. The number of unbranched alkanes of at least 4 members (excludes halogenated alkanes) is 14. The molecule has 0 unspecified atom stereocenters. The number of pyridine rings is 1. The molecular weight excluding hydrogens is 530 g/mol. The van der Waals surface area contributed by atoms with Crippen LogP contribution in [0.15, 0.2) is 47.5 Å². The van der Waals surface area contributed by atoms with Gasteiger partial charge in [-0.3, -0.25) is 19.5 Å². The van der Waals surface area contributed by atoms with Crippen molar-refractivity contribution >= 4 is 27.5 Å². The summed E-state index contributed by atoms with van der Waals surface area (Å²) in [6.45, 7) is 4.10. The van der Waals surface area contributed by atoms with Crippen molar-refractivity contribution in [2.45, 2.75) is 121 Å². The fourth-order valence-electron chi connectivity index (χ4n) is 4.14. The maximum absolute atomic E-state index is 11.9. The monoisotopic (exact) mass is 577 g/mol. The first-order chi connectivity index (χ1) is 19.1. The van der Waals surface area contributed by atoms with E-state index in [0.29, 0.717) is 12.2 Å². The molecule has 2 N–H and O–H groups in total. The second-order valence-electron chi connectivity index (χ2n) is 10.2. The molecule has 2 rings (SSSR count). The van der Waals surface area contributed by atoms with Crippen molar-refractivity contribution in [1.29, 1.82) is 0 Å². The molecule has 2 aromatic rings. The molecule has 9 nitrogen and oxygen atoms in total. The molecule has 0 saturated carbocycles.